The second kappa shape index (κ2) is 4.68. The van der Waals surface area contributed by atoms with E-state index in [0.717, 1.165) is 19.6 Å². The molecule has 0 amide bonds. The standard InChI is InChI=1S/C15H18O2S3/c1-14(2)6-10(16)8-5-9-11(17)7-15(3,4)20-13(9)18-12(8)19-14/h5-7H2,1-4H3. The van der Waals surface area contributed by atoms with Gasteiger partial charge in [0.15, 0.2) is 11.6 Å². The Morgan fingerprint density at radius 1 is 0.800 bits per heavy atom. The molecule has 0 spiro atoms. The zero-order valence-corrected chi connectivity index (χ0v) is 14.6. The normalized spacial score (nSPS) is 28.4. The summed E-state index contributed by atoms with van der Waals surface area (Å²) in [6.07, 6.45) is 1.71. The molecule has 5 heteroatoms. The minimum atomic E-state index is -0.0279. The summed E-state index contributed by atoms with van der Waals surface area (Å²) in [7, 11) is 0. The molecule has 0 N–H and O–H groups in total. The fraction of sp³-hybridized carbons (Fsp3) is 0.600. The van der Waals surface area contributed by atoms with E-state index >= 15 is 0 Å². The van der Waals surface area contributed by atoms with Gasteiger partial charge in [0.1, 0.15) is 0 Å². The van der Waals surface area contributed by atoms with Gasteiger partial charge in [-0.15, -0.1) is 23.5 Å². The van der Waals surface area contributed by atoms with Crippen LogP contribution in [0.15, 0.2) is 19.6 Å². The van der Waals surface area contributed by atoms with Gasteiger partial charge in [0, 0.05) is 39.9 Å². The van der Waals surface area contributed by atoms with Crippen molar-refractivity contribution in [2.24, 2.45) is 0 Å². The van der Waals surface area contributed by atoms with Crippen LogP contribution in [0.3, 0.4) is 0 Å². The van der Waals surface area contributed by atoms with Crippen molar-refractivity contribution in [3.63, 3.8) is 0 Å². The summed E-state index contributed by atoms with van der Waals surface area (Å²) in [5.74, 6) is 0.455. The smallest absolute Gasteiger partial charge is 0.162 e. The van der Waals surface area contributed by atoms with Crippen LogP contribution in [0, 0.1) is 0 Å². The molecule has 0 saturated carbocycles. The second-order valence-electron chi connectivity index (χ2n) is 6.73. The molecule has 0 aliphatic carbocycles. The van der Waals surface area contributed by atoms with E-state index in [0.29, 0.717) is 19.3 Å². The molecule has 20 heavy (non-hydrogen) atoms. The van der Waals surface area contributed by atoms with Gasteiger partial charge in [-0.2, -0.15) is 0 Å². The predicted octanol–water partition coefficient (Wildman–Crippen LogP) is 4.52. The fourth-order valence-corrected chi connectivity index (χ4v) is 7.84. The maximum atomic E-state index is 12.3. The summed E-state index contributed by atoms with van der Waals surface area (Å²) in [4.78, 5) is 24.7. The summed E-state index contributed by atoms with van der Waals surface area (Å²) in [5.41, 5.74) is 1.76. The third-order valence-corrected chi connectivity index (χ3v) is 7.74. The van der Waals surface area contributed by atoms with Crippen LogP contribution >= 0.6 is 35.3 Å². The lowest BCUT2D eigenvalue weighted by molar-refractivity contribution is -0.116. The van der Waals surface area contributed by atoms with E-state index in [4.69, 9.17) is 0 Å². The second-order valence-corrected chi connectivity index (χ2v) is 11.7. The van der Waals surface area contributed by atoms with Crippen LogP contribution in [0.1, 0.15) is 47.0 Å². The van der Waals surface area contributed by atoms with Crippen molar-refractivity contribution in [2.75, 3.05) is 0 Å². The molecular formula is C15H18O2S3. The van der Waals surface area contributed by atoms with E-state index in [1.165, 1.54) is 0 Å². The van der Waals surface area contributed by atoms with E-state index in [-0.39, 0.29) is 21.1 Å². The van der Waals surface area contributed by atoms with Gasteiger partial charge in [-0.05, 0) is 27.7 Å². The highest BCUT2D eigenvalue weighted by molar-refractivity contribution is 8.32. The highest BCUT2D eigenvalue weighted by Gasteiger charge is 2.42. The Morgan fingerprint density at radius 2 is 1.20 bits per heavy atom. The quantitative estimate of drug-likeness (QED) is 0.654. The van der Waals surface area contributed by atoms with E-state index < -0.39 is 0 Å². The third kappa shape index (κ3) is 2.64. The van der Waals surface area contributed by atoms with Gasteiger partial charge in [0.2, 0.25) is 0 Å². The van der Waals surface area contributed by atoms with Crippen LogP contribution in [0.25, 0.3) is 0 Å². The average molecular weight is 327 g/mol. The van der Waals surface area contributed by atoms with Gasteiger partial charge in [-0.1, -0.05) is 11.8 Å². The zero-order valence-electron chi connectivity index (χ0n) is 12.2. The number of hydrogen-bond acceptors (Lipinski definition) is 5. The Kier molecular flexibility index (Phi) is 3.46. The van der Waals surface area contributed by atoms with Crippen molar-refractivity contribution in [1.29, 1.82) is 0 Å². The molecule has 2 nitrogen and oxygen atoms in total. The molecule has 0 bridgehead atoms. The van der Waals surface area contributed by atoms with E-state index in [2.05, 4.69) is 27.7 Å². The molecular weight excluding hydrogens is 308 g/mol. The summed E-state index contributed by atoms with van der Waals surface area (Å²) in [6.45, 7) is 8.47. The summed E-state index contributed by atoms with van der Waals surface area (Å²) < 4.78 is 2.20. The van der Waals surface area contributed by atoms with Crippen LogP contribution in [0.2, 0.25) is 0 Å². The Hall–Kier alpha value is -0.130. The number of rotatable bonds is 0. The topological polar surface area (TPSA) is 34.1 Å². The number of thioether (sulfide) groups is 3. The fourth-order valence-electron chi connectivity index (χ4n) is 2.68. The monoisotopic (exact) mass is 326 g/mol. The van der Waals surface area contributed by atoms with Crippen molar-refractivity contribution in [3.05, 3.63) is 19.6 Å². The number of Topliss-reactive ketones (excluding diaryl/α,β-unsaturated/α-hetero) is 2. The molecule has 0 aromatic heterocycles. The Balaban J connectivity index is 1.95. The van der Waals surface area contributed by atoms with E-state index in [1.54, 1.807) is 35.3 Å². The Morgan fingerprint density at radius 3 is 1.60 bits per heavy atom. The van der Waals surface area contributed by atoms with Gasteiger partial charge in [0.25, 0.3) is 0 Å². The summed E-state index contributed by atoms with van der Waals surface area (Å²) >= 11 is 5.25. The van der Waals surface area contributed by atoms with E-state index in [9.17, 15) is 9.59 Å². The molecule has 108 valence electrons. The number of allylic oxidation sites excluding steroid dienone is 2. The van der Waals surface area contributed by atoms with Crippen LogP contribution in [-0.4, -0.2) is 21.1 Å². The first-order valence-corrected chi connectivity index (χ1v) is 9.20. The lowest BCUT2D eigenvalue weighted by Crippen LogP contribution is -2.31. The summed E-state index contributed by atoms with van der Waals surface area (Å²) in [5, 5.41) is 0. The number of carbonyl (C=O) groups excluding carboxylic acids is 2. The van der Waals surface area contributed by atoms with Crippen LogP contribution in [0.5, 0.6) is 0 Å². The molecule has 0 radical (unpaired) electrons. The van der Waals surface area contributed by atoms with Crippen molar-refractivity contribution in [2.45, 2.75) is 56.5 Å². The zero-order chi connectivity index (χ0) is 14.7. The molecule has 3 heterocycles. The highest BCUT2D eigenvalue weighted by atomic mass is 32.2. The summed E-state index contributed by atoms with van der Waals surface area (Å²) in [6, 6.07) is 0. The Bertz CT molecular complexity index is 532. The molecule has 0 fully saturated rings. The first kappa shape index (κ1) is 14.8. The molecule has 3 aliphatic heterocycles. The first-order chi connectivity index (χ1) is 9.17. The number of ketones is 2. The predicted molar refractivity (Wildman–Crippen MR) is 88.8 cm³/mol. The van der Waals surface area contributed by atoms with Crippen LogP contribution in [-0.2, 0) is 9.59 Å². The van der Waals surface area contributed by atoms with Crippen LogP contribution in [0.4, 0.5) is 0 Å². The number of hydrogen-bond donors (Lipinski definition) is 0. The lowest BCUT2D eigenvalue weighted by Gasteiger charge is -2.38. The van der Waals surface area contributed by atoms with Gasteiger partial charge in [-0.3, -0.25) is 9.59 Å². The highest BCUT2D eigenvalue weighted by Crippen LogP contribution is 2.59. The molecule has 0 aromatic rings. The van der Waals surface area contributed by atoms with Crippen molar-refractivity contribution >= 4 is 46.9 Å². The lowest BCUT2D eigenvalue weighted by atomic mass is 9.92. The first-order valence-electron chi connectivity index (χ1n) is 6.75. The SMILES string of the molecule is CC1(C)CC(=O)C2=C(SC3=C(C2)C(=O)CC(C)(C)S3)S1. The molecule has 0 atom stereocenters. The van der Waals surface area contributed by atoms with Crippen molar-refractivity contribution < 1.29 is 9.59 Å². The minimum absolute atomic E-state index is 0.0279. The molecule has 0 saturated heterocycles. The third-order valence-electron chi connectivity index (χ3n) is 3.62. The molecule has 0 unspecified atom stereocenters. The maximum absolute atomic E-state index is 12.3. The Labute approximate surface area is 132 Å². The van der Waals surface area contributed by atoms with Gasteiger partial charge >= 0.3 is 0 Å². The maximum Gasteiger partial charge on any atom is 0.162 e. The molecule has 3 aliphatic rings. The molecule has 3 rings (SSSR count). The van der Waals surface area contributed by atoms with Gasteiger partial charge < -0.3 is 0 Å². The van der Waals surface area contributed by atoms with Crippen LogP contribution < -0.4 is 0 Å². The number of carbonyl (C=O) groups is 2. The van der Waals surface area contributed by atoms with Gasteiger partial charge in [0.05, 0.1) is 8.47 Å². The van der Waals surface area contributed by atoms with E-state index in [1.807, 2.05) is 0 Å². The average Bonchev–Trinajstić information content (AvgIpc) is 2.23. The van der Waals surface area contributed by atoms with Crippen molar-refractivity contribution in [1.82, 2.24) is 0 Å². The largest absolute Gasteiger partial charge is 0.294 e. The molecule has 0 aromatic carbocycles. The van der Waals surface area contributed by atoms with Gasteiger partial charge in [-0.25, -0.2) is 0 Å². The van der Waals surface area contributed by atoms with Crippen molar-refractivity contribution in [3.8, 4) is 0 Å². The minimum Gasteiger partial charge on any atom is -0.294 e.